The van der Waals surface area contributed by atoms with Gasteiger partial charge < -0.3 is 30.1 Å². The number of anilines is 4. The zero-order chi connectivity index (χ0) is 27.8. The standard InChI is InChI=1S/C29H41N7O3/c1-7-23-28(38)35(5)24-15-30-29(33-26(24)36(23)17(2)3)32-22-9-8-19(14-25(22)39-6)27(37)31-21-12-18-10-11-34(4)16-20(18)13-21/h8-9,14-15,17-18,20-21,23H,7,10-13,16H2,1-6H3,(H,31,37)(H,30,32,33)/t18-,20-,21?,23?/m1/s1. The molecule has 2 aromatic rings. The lowest BCUT2D eigenvalue weighted by Crippen LogP contribution is -2.54. The molecule has 0 bridgehead atoms. The lowest BCUT2D eigenvalue weighted by molar-refractivity contribution is -0.120. The largest absolute Gasteiger partial charge is 0.495 e. The van der Waals surface area contributed by atoms with Crippen LogP contribution < -0.4 is 25.2 Å². The molecule has 1 saturated heterocycles. The predicted octanol–water partition coefficient (Wildman–Crippen LogP) is 3.66. The molecule has 3 heterocycles. The number of fused-ring (bicyclic) bond motifs is 2. The van der Waals surface area contributed by atoms with Gasteiger partial charge in [-0.05, 0) is 83.2 Å². The van der Waals surface area contributed by atoms with Crippen LogP contribution in [0.25, 0.3) is 0 Å². The molecule has 0 spiro atoms. The fourth-order valence-electron chi connectivity index (χ4n) is 6.55. The van der Waals surface area contributed by atoms with Gasteiger partial charge in [-0.25, -0.2) is 4.98 Å². The van der Waals surface area contributed by atoms with Crippen molar-refractivity contribution in [3.05, 3.63) is 30.0 Å². The summed E-state index contributed by atoms with van der Waals surface area (Å²) in [6, 6.07) is 5.41. The fraction of sp³-hybridized carbons (Fsp3) is 0.586. The molecule has 5 rings (SSSR count). The van der Waals surface area contributed by atoms with Crippen molar-refractivity contribution < 1.29 is 14.3 Å². The lowest BCUT2D eigenvalue weighted by atomic mass is 9.89. The van der Waals surface area contributed by atoms with Crippen molar-refractivity contribution in [3.63, 3.8) is 0 Å². The number of amides is 2. The summed E-state index contributed by atoms with van der Waals surface area (Å²) in [5.74, 6) is 2.99. The van der Waals surface area contributed by atoms with Crippen molar-refractivity contribution in [1.82, 2.24) is 20.2 Å². The van der Waals surface area contributed by atoms with Gasteiger partial charge in [0.1, 0.15) is 17.5 Å². The summed E-state index contributed by atoms with van der Waals surface area (Å²) in [5, 5.41) is 6.51. The number of methoxy groups -OCH3 is 1. The number of nitrogens with zero attached hydrogens (tertiary/aromatic N) is 5. The predicted molar refractivity (Wildman–Crippen MR) is 153 cm³/mol. The molecule has 2 amide bonds. The number of ether oxygens (including phenoxy) is 1. The molecule has 2 N–H and O–H groups in total. The van der Waals surface area contributed by atoms with Gasteiger partial charge in [0, 0.05) is 31.2 Å². The molecule has 39 heavy (non-hydrogen) atoms. The molecule has 2 unspecified atom stereocenters. The highest BCUT2D eigenvalue weighted by molar-refractivity contribution is 6.04. The van der Waals surface area contributed by atoms with Crippen LogP contribution >= 0.6 is 0 Å². The third kappa shape index (κ3) is 5.26. The first-order valence-corrected chi connectivity index (χ1v) is 14.1. The Morgan fingerprint density at radius 2 is 1.97 bits per heavy atom. The van der Waals surface area contributed by atoms with Crippen LogP contribution in [0.1, 0.15) is 56.8 Å². The zero-order valence-electron chi connectivity index (χ0n) is 23.9. The zero-order valence-corrected chi connectivity index (χ0v) is 23.9. The maximum absolute atomic E-state index is 13.1. The van der Waals surface area contributed by atoms with Crippen LogP contribution in [0.15, 0.2) is 24.4 Å². The monoisotopic (exact) mass is 535 g/mol. The highest BCUT2D eigenvalue weighted by Crippen LogP contribution is 2.39. The second-order valence-corrected chi connectivity index (χ2v) is 11.5. The number of hydrogen-bond donors (Lipinski definition) is 2. The Bertz CT molecular complexity index is 1240. The van der Waals surface area contributed by atoms with E-state index in [0.717, 1.165) is 31.7 Å². The van der Waals surface area contributed by atoms with Gasteiger partial charge in [0.15, 0.2) is 5.82 Å². The van der Waals surface area contributed by atoms with Crippen LogP contribution in [-0.4, -0.2) is 79.1 Å². The van der Waals surface area contributed by atoms with E-state index in [0.29, 0.717) is 46.9 Å². The summed E-state index contributed by atoms with van der Waals surface area (Å²) in [6.07, 6.45) is 5.68. The highest BCUT2D eigenvalue weighted by atomic mass is 16.5. The molecule has 2 fully saturated rings. The Kier molecular flexibility index (Phi) is 7.66. The minimum Gasteiger partial charge on any atom is -0.495 e. The molecule has 10 nitrogen and oxygen atoms in total. The molecular weight excluding hydrogens is 494 g/mol. The van der Waals surface area contributed by atoms with Crippen LogP contribution in [0.2, 0.25) is 0 Å². The van der Waals surface area contributed by atoms with Crippen LogP contribution in [-0.2, 0) is 4.79 Å². The number of nitrogens with one attached hydrogen (secondary N) is 2. The Morgan fingerprint density at radius 3 is 2.69 bits per heavy atom. The number of benzene rings is 1. The van der Waals surface area contributed by atoms with Crippen molar-refractivity contribution >= 4 is 35.0 Å². The Labute approximate surface area is 231 Å². The number of aromatic nitrogens is 2. The van der Waals surface area contributed by atoms with Crippen molar-refractivity contribution in [1.29, 1.82) is 0 Å². The van der Waals surface area contributed by atoms with Gasteiger partial charge in [0.25, 0.3) is 5.91 Å². The highest BCUT2D eigenvalue weighted by Gasteiger charge is 2.39. The van der Waals surface area contributed by atoms with Gasteiger partial charge in [-0.1, -0.05) is 6.92 Å². The minimum atomic E-state index is -0.276. The number of carbonyl (C=O) groups is 2. The fourth-order valence-corrected chi connectivity index (χ4v) is 6.55. The molecule has 1 aromatic carbocycles. The summed E-state index contributed by atoms with van der Waals surface area (Å²) >= 11 is 0. The molecular formula is C29H41N7O3. The SMILES string of the molecule is CCC1C(=O)N(C)c2cnc(Nc3ccc(C(=O)NC4C[C@H]5CCN(C)C[C@H]5C4)cc3OC)nc2N1C(C)C. The van der Waals surface area contributed by atoms with Gasteiger partial charge in [-0.15, -0.1) is 0 Å². The van der Waals surface area contributed by atoms with E-state index in [9.17, 15) is 9.59 Å². The number of piperidine rings is 1. The first-order valence-electron chi connectivity index (χ1n) is 14.1. The topological polar surface area (TPSA) is 103 Å². The Hall–Kier alpha value is -3.40. The van der Waals surface area contributed by atoms with E-state index in [4.69, 9.17) is 9.72 Å². The molecule has 4 atom stereocenters. The average Bonchev–Trinajstić information content (AvgIpc) is 3.31. The molecule has 1 aromatic heterocycles. The molecule has 1 aliphatic carbocycles. The van der Waals surface area contributed by atoms with Gasteiger partial charge in [-0.2, -0.15) is 4.98 Å². The average molecular weight is 536 g/mol. The summed E-state index contributed by atoms with van der Waals surface area (Å²) in [5.41, 5.74) is 1.90. The molecule has 2 aliphatic heterocycles. The normalized spacial score (nSPS) is 24.9. The van der Waals surface area contributed by atoms with Gasteiger partial charge in [0.05, 0.1) is 19.0 Å². The second kappa shape index (κ2) is 11.0. The molecule has 0 radical (unpaired) electrons. The van der Waals surface area contributed by atoms with Gasteiger partial charge in [0.2, 0.25) is 11.9 Å². The van der Waals surface area contributed by atoms with Gasteiger partial charge in [-0.3, -0.25) is 9.59 Å². The summed E-state index contributed by atoms with van der Waals surface area (Å²) in [6.45, 7) is 8.40. The number of likely N-dealkylation sites (tertiary alicyclic amines) is 1. The van der Waals surface area contributed by atoms with E-state index < -0.39 is 0 Å². The number of rotatable bonds is 7. The van der Waals surface area contributed by atoms with E-state index in [1.54, 1.807) is 37.4 Å². The smallest absolute Gasteiger partial charge is 0.251 e. The Morgan fingerprint density at radius 1 is 1.21 bits per heavy atom. The minimum absolute atomic E-state index is 0.0437. The van der Waals surface area contributed by atoms with Crippen LogP contribution in [0.5, 0.6) is 5.75 Å². The third-order valence-corrected chi connectivity index (χ3v) is 8.56. The van der Waals surface area contributed by atoms with E-state index >= 15 is 0 Å². The number of likely N-dealkylation sites (N-methyl/N-ethyl adjacent to an activating group) is 1. The van der Waals surface area contributed by atoms with E-state index in [1.165, 1.54) is 6.42 Å². The van der Waals surface area contributed by atoms with E-state index in [-0.39, 0.29) is 29.9 Å². The van der Waals surface area contributed by atoms with E-state index in [1.807, 2.05) is 13.0 Å². The van der Waals surface area contributed by atoms with Crippen LogP contribution in [0.3, 0.4) is 0 Å². The van der Waals surface area contributed by atoms with Crippen molar-refractivity contribution in [3.8, 4) is 5.75 Å². The first-order chi connectivity index (χ1) is 18.7. The van der Waals surface area contributed by atoms with Crippen molar-refractivity contribution in [2.24, 2.45) is 11.8 Å². The van der Waals surface area contributed by atoms with Crippen LogP contribution in [0, 0.1) is 11.8 Å². The Balaban J connectivity index is 1.32. The van der Waals surface area contributed by atoms with Gasteiger partial charge >= 0.3 is 0 Å². The molecule has 1 saturated carbocycles. The maximum atomic E-state index is 13.1. The first kappa shape index (κ1) is 27.2. The van der Waals surface area contributed by atoms with Crippen molar-refractivity contribution in [2.75, 3.05) is 49.4 Å². The lowest BCUT2D eigenvalue weighted by Gasteiger charge is -2.42. The molecule has 10 heteroatoms. The number of hydrogen-bond acceptors (Lipinski definition) is 8. The van der Waals surface area contributed by atoms with Crippen molar-refractivity contribution in [2.45, 2.75) is 64.6 Å². The van der Waals surface area contributed by atoms with Crippen LogP contribution in [0.4, 0.5) is 23.1 Å². The van der Waals surface area contributed by atoms with E-state index in [2.05, 4.69) is 46.3 Å². The molecule has 3 aliphatic rings. The molecule has 210 valence electrons. The summed E-state index contributed by atoms with van der Waals surface area (Å²) in [4.78, 5) is 41.4. The summed E-state index contributed by atoms with van der Waals surface area (Å²) in [7, 11) is 5.53. The number of carbonyl (C=O) groups excluding carboxylic acids is 2. The maximum Gasteiger partial charge on any atom is 0.251 e. The quantitative estimate of drug-likeness (QED) is 0.554. The summed E-state index contributed by atoms with van der Waals surface area (Å²) < 4.78 is 5.64. The second-order valence-electron chi connectivity index (χ2n) is 11.5. The third-order valence-electron chi connectivity index (χ3n) is 8.56.